The summed E-state index contributed by atoms with van der Waals surface area (Å²) in [7, 11) is 1.68. The number of piperidine rings is 1. The number of phenols is 1. The lowest BCUT2D eigenvalue weighted by atomic mass is 9.97. The molecule has 1 aromatic rings. The van der Waals surface area contributed by atoms with E-state index in [9.17, 15) is 9.90 Å². The van der Waals surface area contributed by atoms with Crippen LogP contribution in [0.1, 0.15) is 28.8 Å². The number of nitrogens with zero attached hydrogens (tertiary/aromatic N) is 1. The fraction of sp³-hybridized carbons (Fsp3) is 0.533. The van der Waals surface area contributed by atoms with Crippen LogP contribution in [0.4, 0.5) is 0 Å². The summed E-state index contributed by atoms with van der Waals surface area (Å²) < 4.78 is 5.35. The van der Waals surface area contributed by atoms with Crippen molar-refractivity contribution in [3.05, 3.63) is 29.3 Å². The maximum Gasteiger partial charge on any atom is 0.257 e. The average molecular weight is 278 g/mol. The summed E-state index contributed by atoms with van der Waals surface area (Å²) in [4.78, 5) is 14.3. The van der Waals surface area contributed by atoms with Gasteiger partial charge in [0.2, 0.25) is 0 Å². The van der Waals surface area contributed by atoms with Gasteiger partial charge >= 0.3 is 0 Å². The zero-order valence-corrected chi connectivity index (χ0v) is 12.0. The highest BCUT2D eigenvalue weighted by Gasteiger charge is 2.32. The third kappa shape index (κ3) is 2.94. The molecular formula is C15H22N2O3. The van der Waals surface area contributed by atoms with Crippen molar-refractivity contribution >= 4 is 5.91 Å². The molecular weight excluding hydrogens is 256 g/mol. The Labute approximate surface area is 119 Å². The normalized spacial score (nSPS) is 22.9. The van der Waals surface area contributed by atoms with Gasteiger partial charge in [-0.15, -0.1) is 0 Å². The van der Waals surface area contributed by atoms with Crippen molar-refractivity contribution < 1.29 is 14.6 Å². The van der Waals surface area contributed by atoms with Gasteiger partial charge in [-0.05, 0) is 37.5 Å². The largest absolute Gasteiger partial charge is 0.507 e. The van der Waals surface area contributed by atoms with Gasteiger partial charge in [-0.25, -0.2) is 0 Å². The van der Waals surface area contributed by atoms with Crippen molar-refractivity contribution in [2.75, 3.05) is 20.2 Å². The molecule has 5 nitrogen and oxygen atoms in total. The summed E-state index contributed by atoms with van der Waals surface area (Å²) >= 11 is 0. The number of nitrogens with two attached hydrogens (primary N) is 1. The first-order valence-corrected chi connectivity index (χ1v) is 6.90. The highest BCUT2D eigenvalue weighted by Crippen LogP contribution is 2.25. The zero-order chi connectivity index (χ0) is 14.7. The van der Waals surface area contributed by atoms with Crippen molar-refractivity contribution in [3.8, 4) is 5.75 Å². The van der Waals surface area contributed by atoms with Gasteiger partial charge in [0.15, 0.2) is 0 Å². The van der Waals surface area contributed by atoms with E-state index in [1.807, 2.05) is 13.0 Å². The summed E-state index contributed by atoms with van der Waals surface area (Å²) in [5, 5.41) is 9.95. The predicted molar refractivity (Wildman–Crippen MR) is 76.8 cm³/mol. The standard InChI is InChI=1S/C15H22N2O3/c1-10-3-4-13(14(18)7-10)15(19)17-6-5-12(20-2)8-11(17)9-16/h3-4,7,11-12,18H,5-6,8-9,16H2,1-2H3. The number of likely N-dealkylation sites (tertiary alicyclic amines) is 1. The molecule has 0 radical (unpaired) electrons. The van der Waals surface area contributed by atoms with E-state index in [0.717, 1.165) is 18.4 Å². The van der Waals surface area contributed by atoms with Gasteiger partial charge in [0.05, 0.1) is 11.7 Å². The van der Waals surface area contributed by atoms with Crippen LogP contribution in [0.15, 0.2) is 18.2 Å². The number of hydrogen-bond acceptors (Lipinski definition) is 4. The lowest BCUT2D eigenvalue weighted by molar-refractivity contribution is 0.0138. The molecule has 1 saturated heterocycles. The minimum absolute atomic E-state index is 0.0274. The van der Waals surface area contributed by atoms with Gasteiger partial charge in [-0.2, -0.15) is 0 Å². The van der Waals surface area contributed by atoms with E-state index < -0.39 is 0 Å². The number of rotatable bonds is 3. The molecule has 1 fully saturated rings. The lowest BCUT2D eigenvalue weighted by Gasteiger charge is -2.38. The minimum atomic E-state index is -0.160. The fourth-order valence-electron chi connectivity index (χ4n) is 2.70. The van der Waals surface area contributed by atoms with Gasteiger partial charge in [-0.3, -0.25) is 4.79 Å². The Bertz CT molecular complexity index is 490. The number of ether oxygens (including phenoxy) is 1. The van der Waals surface area contributed by atoms with Gasteiger partial charge in [0.25, 0.3) is 5.91 Å². The van der Waals surface area contributed by atoms with Crippen LogP contribution in [0, 0.1) is 6.92 Å². The fourth-order valence-corrected chi connectivity index (χ4v) is 2.70. The second-order valence-electron chi connectivity index (χ2n) is 5.29. The lowest BCUT2D eigenvalue weighted by Crippen LogP contribution is -2.51. The first-order chi connectivity index (χ1) is 9.56. The number of benzene rings is 1. The van der Waals surface area contributed by atoms with Crippen molar-refractivity contribution in [2.45, 2.75) is 31.9 Å². The molecule has 0 aromatic heterocycles. The summed E-state index contributed by atoms with van der Waals surface area (Å²) in [6.45, 7) is 2.88. The maximum absolute atomic E-state index is 12.6. The molecule has 0 saturated carbocycles. The molecule has 2 rings (SSSR count). The highest BCUT2D eigenvalue weighted by atomic mass is 16.5. The van der Waals surface area contributed by atoms with Crippen LogP contribution >= 0.6 is 0 Å². The minimum Gasteiger partial charge on any atom is -0.507 e. The van der Waals surface area contributed by atoms with Crippen LogP contribution in [0.2, 0.25) is 0 Å². The predicted octanol–water partition coefficient (Wildman–Crippen LogP) is 1.28. The average Bonchev–Trinajstić information content (AvgIpc) is 2.46. The van der Waals surface area contributed by atoms with Crippen molar-refractivity contribution in [3.63, 3.8) is 0 Å². The second-order valence-corrected chi connectivity index (χ2v) is 5.29. The second kappa shape index (κ2) is 6.24. The van der Waals surface area contributed by atoms with E-state index in [1.165, 1.54) is 0 Å². The molecule has 0 aliphatic carbocycles. The van der Waals surface area contributed by atoms with E-state index >= 15 is 0 Å². The summed E-state index contributed by atoms with van der Waals surface area (Å²) in [5.41, 5.74) is 7.04. The van der Waals surface area contributed by atoms with E-state index in [2.05, 4.69) is 0 Å². The van der Waals surface area contributed by atoms with E-state index in [4.69, 9.17) is 10.5 Å². The maximum atomic E-state index is 12.6. The molecule has 2 unspecified atom stereocenters. The molecule has 110 valence electrons. The quantitative estimate of drug-likeness (QED) is 0.873. The third-order valence-electron chi connectivity index (χ3n) is 3.92. The number of methoxy groups -OCH3 is 1. The monoisotopic (exact) mass is 278 g/mol. The Morgan fingerprint density at radius 1 is 1.55 bits per heavy atom. The van der Waals surface area contributed by atoms with Crippen LogP contribution in [-0.2, 0) is 4.74 Å². The number of aryl methyl sites for hydroxylation is 1. The Morgan fingerprint density at radius 2 is 2.30 bits per heavy atom. The van der Waals surface area contributed by atoms with Crippen LogP contribution in [0.25, 0.3) is 0 Å². The van der Waals surface area contributed by atoms with E-state index in [-0.39, 0.29) is 23.8 Å². The van der Waals surface area contributed by atoms with Crippen molar-refractivity contribution in [1.29, 1.82) is 0 Å². The molecule has 1 aromatic carbocycles. The SMILES string of the molecule is COC1CCN(C(=O)c2ccc(C)cc2O)C(CN)C1. The molecule has 1 aliphatic rings. The summed E-state index contributed by atoms with van der Waals surface area (Å²) in [6, 6.07) is 5.06. The molecule has 20 heavy (non-hydrogen) atoms. The first-order valence-electron chi connectivity index (χ1n) is 6.90. The smallest absolute Gasteiger partial charge is 0.257 e. The van der Waals surface area contributed by atoms with E-state index in [1.54, 1.807) is 24.1 Å². The highest BCUT2D eigenvalue weighted by molar-refractivity contribution is 5.97. The Kier molecular flexibility index (Phi) is 4.62. The topological polar surface area (TPSA) is 75.8 Å². The van der Waals surface area contributed by atoms with Gasteiger partial charge < -0.3 is 20.5 Å². The number of phenolic OH excluding ortho intramolecular Hbond substituents is 1. The number of hydrogen-bond donors (Lipinski definition) is 2. The Morgan fingerprint density at radius 3 is 2.90 bits per heavy atom. The Balaban J connectivity index is 2.19. The van der Waals surface area contributed by atoms with Crippen LogP contribution in [-0.4, -0.2) is 48.3 Å². The van der Waals surface area contributed by atoms with Crippen LogP contribution in [0.5, 0.6) is 5.75 Å². The molecule has 1 amide bonds. The van der Waals surface area contributed by atoms with Crippen molar-refractivity contribution in [2.24, 2.45) is 5.73 Å². The molecule has 1 aliphatic heterocycles. The van der Waals surface area contributed by atoms with E-state index in [0.29, 0.717) is 18.7 Å². The molecule has 2 atom stereocenters. The molecule has 1 heterocycles. The zero-order valence-electron chi connectivity index (χ0n) is 12.0. The third-order valence-corrected chi connectivity index (χ3v) is 3.92. The molecule has 5 heteroatoms. The molecule has 0 spiro atoms. The number of carbonyl (C=O) groups excluding carboxylic acids is 1. The summed E-state index contributed by atoms with van der Waals surface area (Å²) in [6.07, 6.45) is 1.69. The number of carbonyl (C=O) groups is 1. The summed E-state index contributed by atoms with van der Waals surface area (Å²) in [5.74, 6) is -0.132. The van der Waals surface area contributed by atoms with Crippen LogP contribution in [0.3, 0.4) is 0 Å². The molecule has 3 N–H and O–H groups in total. The van der Waals surface area contributed by atoms with Gasteiger partial charge in [0.1, 0.15) is 5.75 Å². The van der Waals surface area contributed by atoms with Gasteiger partial charge in [-0.1, -0.05) is 6.07 Å². The molecule has 0 bridgehead atoms. The number of aromatic hydroxyl groups is 1. The van der Waals surface area contributed by atoms with Crippen molar-refractivity contribution in [1.82, 2.24) is 4.90 Å². The van der Waals surface area contributed by atoms with Gasteiger partial charge in [0, 0.05) is 26.2 Å². The van der Waals surface area contributed by atoms with Crippen LogP contribution < -0.4 is 5.73 Å². The Hall–Kier alpha value is -1.59. The first kappa shape index (κ1) is 14.8. The number of amides is 1.